The minimum absolute atomic E-state index is 0.0143. The van der Waals surface area contributed by atoms with Gasteiger partial charge in [0.25, 0.3) is 0 Å². The molecule has 1 saturated carbocycles. The number of aliphatic hydroxyl groups excluding tert-OH is 1. The van der Waals surface area contributed by atoms with Crippen molar-refractivity contribution in [1.29, 1.82) is 0 Å². The van der Waals surface area contributed by atoms with Crippen molar-refractivity contribution in [3.05, 3.63) is 34.6 Å². The van der Waals surface area contributed by atoms with E-state index >= 15 is 0 Å². The van der Waals surface area contributed by atoms with Crippen LogP contribution in [0.3, 0.4) is 0 Å². The van der Waals surface area contributed by atoms with Crippen LogP contribution in [0.2, 0.25) is 0 Å². The van der Waals surface area contributed by atoms with Crippen LogP contribution in [0.5, 0.6) is 0 Å². The number of fused-ring (bicyclic) bond motifs is 1. The first kappa shape index (κ1) is 15.9. The van der Waals surface area contributed by atoms with Crippen LogP contribution in [0.1, 0.15) is 62.7 Å². The zero-order valence-electron chi connectivity index (χ0n) is 12.9. The van der Waals surface area contributed by atoms with Gasteiger partial charge in [0.05, 0.1) is 6.10 Å². The molecule has 2 aliphatic carbocycles. The first-order valence-electron chi connectivity index (χ1n) is 8.37. The average Bonchev–Trinajstić information content (AvgIpc) is 2.83. The molecule has 3 rings (SSSR count). The van der Waals surface area contributed by atoms with Gasteiger partial charge in [-0.2, -0.15) is 0 Å². The van der Waals surface area contributed by atoms with Gasteiger partial charge < -0.3 is 5.11 Å². The van der Waals surface area contributed by atoms with Crippen LogP contribution in [0.25, 0.3) is 0 Å². The summed E-state index contributed by atoms with van der Waals surface area (Å²) >= 11 is 0. The molecule has 0 radical (unpaired) electrons. The van der Waals surface area contributed by atoms with Gasteiger partial charge >= 0.3 is 0 Å². The molecule has 0 bridgehead atoms. The van der Waals surface area contributed by atoms with Crippen LogP contribution in [-0.4, -0.2) is 5.11 Å². The maximum atomic E-state index is 13.9. The molecule has 0 heterocycles. The number of hydrogen-bond donors (Lipinski definition) is 1. The molecule has 0 spiro atoms. The van der Waals surface area contributed by atoms with Crippen molar-refractivity contribution in [2.24, 2.45) is 17.8 Å². The van der Waals surface area contributed by atoms with E-state index in [2.05, 4.69) is 6.92 Å². The maximum Gasteiger partial charge on any atom is 0.194 e. The van der Waals surface area contributed by atoms with Gasteiger partial charge in [-0.25, -0.2) is 13.2 Å². The zero-order chi connectivity index (χ0) is 15.9. The molecule has 0 aromatic heterocycles. The predicted molar refractivity (Wildman–Crippen MR) is 78.8 cm³/mol. The Bertz CT molecular complexity index is 550. The maximum absolute atomic E-state index is 13.9. The summed E-state index contributed by atoms with van der Waals surface area (Å²) in [6.07, 6.45) is 6.21. The Morgan fingerprint density at radius 3 is 2.41 bits per heavy atom. The third kappa shape index (κ3) is 2.66. The van der Waals surface area contributed by atoms with E-state index < -0.39 is 23.6 Å². The number of halogens is 3. The number of aliphatic hydroxyl groups is 1. The van der Waals surface area contributed by atoms with E-state index in [9.17, 15) is 18.3 Å². The summed E-state index contributed by atoms with van der Waals surface area (Å²) in [5.74, 6) is -2.85. The molecule has 4 heteroatoms. The SMILES string of the molecule is CCCC1CCC(C2Cc3cc(F)c(F)c(F)c3C2O)CC1. The van der Waals surface area contributed by atoms with Crippen molar-refractivity contribution in [3.63, 3.8) is 0 Å². The fourth-order valence-corrected chi connectivity index (χ4v) is 4.46. The Morgan fingerprint density at radius 2 is 1.77 bits per heavy atom. The Hall–Kier alpha value is -1.03. The summed E-state index contributed by atoms with van der Waals surface area (Å²) in [7, 11) is 0. The second kappa shape index (κ2) is 6.23. The van der Waals surface area contributed by atoms with E-state index in [1.807, 2.05) is 0 Å². The predicted octanol–water partition coefficient (Wildman–Crippen LogP) is 4.92. The van der Waals surface area contributed by atoms with Crippen LogP contribution >= 0.6 is 0 Å². The summed E-state index contributed by atoms with van der Waals surface area (Å²) in [5.41, 5.74) is 0.421. The van der Waals surface area contributed by atoms with E-state index in [1.165, 1.54) is 12.8 Å². The Morgan fingerprint density at radius 1 is 1.09 bits per heavy atom. The second-order valence-electron chi connectivity index (χ2n) is 6.94. The van der Waals surface area contributed by atoms with Crippen LogP contribution in [-0.2, 0) is 6.42 Å². The Kier molecular flexibility index (Phi) is 4.49. The number of rotatable bonds is 3. The van der Waals surface area contributed by atoms with Crippen LogP contribution in [0.15, 0.2) is 6.07 Å². The summed E-state index contributed by atoms with van der Waals surface area (Å²) < 4.78 is 40.7. The average molecular weight is 312 g/mol. The summed E-state index contributed by atoms with van der Waals surface area (Å²) in [6, 6.07) is 1.06. The third-order valence-electron chi connectivity index (χ3n) is 5.64. The normalized spacial score (nSPS) is 31.3. The molecule has 1 nitrogen and oxygen atoms in total. The lowest BCUT2D eigenvalue weighted by atomic mass is 9.73. The van der Waals surface area contributed by atoms with Crippen molar-refractivity contribution in [2.75, 3.05) is 0 Å². The first-order chi connectivity index (χ1) is 10.5. The number of benzene rings is 1. The highest BCUT2D eigenvalue weighted by Crippen LogP contribution is 2.47. The molecule has 22 heavy (non-hydrogen) atoms. The van der Waals surface area contributed by atoms with E-state index in [0.717, 1.165) is 37.7 Å². The minimum Gasteiger partial charge on any atom is -0.388 e. The van der Waals surface area contributed by atoms with Gasteiger partial charge in [-0.15, -0.1) is 0 Å². The van der Waals surface area contributed by atoms with Crippen LogP contribution in [0.4, 0.5) is 13.2 Å². The van der Waals surface area contributed by atoms with Gasteiger partial charge in [-0.1, -0.05) is 32.6 Å². The standard InChI is InChI=1S/C18H23F3O/c1-2-3-10-4-6-11(7-5-10)13-8-12-9-14(19)16(20)17(21)15(12)18(13)22/h9-11,13,18,22H,2-8H2,1H3. The molecular weight excluding hydrogens is 289 g/mol. The van der Waals surface area contributed by atoms with E-state index in [0.29, 0.717) is 17.9 Å². The van der Waals surface area contributed by atoms with Gasteiger partial charge in [0.1, 0.15) is 0 Å². The summed E-state index contributed by atoms with van der Waals surface area (Å²) in [4.78, 5) is 0. The van der Waals surface area contributed by atoms with Crippen molar-refractivity contribution in [1.82, 2.24) is 0 Å². The van der Waals surface area contributed by atoms with Crippen molar-refractivity contribution in [3.8, 4) is 0 Å². The van der Waals surface area contributed by atoms with E-state index in [1.54, 1.807) is 0 Å². The van der Waals surface area contributed by atoms with Crippen molar-refractivity contribution < 1.29 is 18.3 Å². The molecule has 2 aliphatic rings. The molecule has 1 aromatic carbocycles. The van der Waals surface area contributed by atoms with Gasteiger partial charge in [0.15, 0.2) is 17.5 Å². The van der Waals surface area contributed by atoms with Crippen LogP contribution in [0, 0.1) is 35.2 Å². The highest BCUT2D eigenvalue weighted by molar-refractivity contribution is 5.37. The lowest BCUT2D eigenvalue weighted by Crippen LogP contribution is -2.24. The second-order valence-corrected chi connectivity index (χ2v) is 6.94. The fourth-order valence-electron chi connectivity index (χ4n) is 4.46. The van der Waals surface area contributed by atoms with Crippen molar-refractivity contribution in [2.45, 2.75) is 58.0 Å². The first-order valence-corrected chi connectivity index (χ1v) is 8.37. The molecule has 122 valence electrons. The highest BCUT2D eigenvalue weighted by atomic mass is 19.2. The molecule has 2 atom stereocenters. The fraction of sp³-hybridized carbons (Fsp3) is 0.667. The lowest BCUT2D eigenvalue weighted by molar-refractivity contribution is 0.0614. The highest BCUT2D eigenvalue weighted by Gasteiger charge is 2.41. The largest absolute Gasteiger partial charge is 0.388 e. The number of hydrogen-bond acceptors (Lipinski definition) is 1. The van der Waals surface area contributed by atoms with Crippen LogP contribution < -0.4 is 0 Å². The molecule has 0 saturated heterocycles. The van der Waals surface area contributed by atoms with E-state index in [4.69, 9.17) is 0 Å². The molecule has 1 N–H and O–H groups in total. The molecular formula is C18H23F3O. The topological polar surface area (TPSA) is 20.2 Å². The van der Waals surface area contributed by atoms with Gasteiger partial charge in [0.2, 0.25) is 0 Å². The molecule has 1 fully saturated rings. The van der Waals surface area contributed by atoms with E-state index in [-0.39, 0.29) is 11.5 Å². The lowest BCUT2D eigenvalue weighted by Gasteiger charge is -2.33. The summed E-state index contributed by atoms with van der Waals surface area (Å²) in [5, 5.41) is 10.4. The molecule has 0 aliphatic heterocycles. The zero-order valence-corrected chi connectivity index (χ0v) is 12.9. The summed E-state index contributed by atoms with van der Waals surface area (Å²) in [6.45, 7) is 2.19. The smallest absolute Gasteiger partial charge is 0.194 e. The quantitative estimate of drug-likeness (QED) is 0.786. The van der Waals surface area contributed by atoms with Crippen molar-refractivity contribution >= 4 is 0 Å². The third-order valence-corrected chi connectivity index (χ3v) is 5.64. The monoisotopic (exact) mass is 312 g/mol. The van der Waals surface area contributed by atoms with Gasteiger partial charge in [0, 0.05) is 5.56 Å². The van der Waals surface area contributed by atoms with Gasteiger partial charge in [-0.05, 0) is 48.6 Å². The minimum atomic E-state index is -1.47. The molecule has 2 unspecified atom stereocenters. The Labute approximate surface area is 129 Å². The molecule has 1 aromatic rings. The molecule has 0 amide bonds. The van der Waals surface area contributed by atoms with Gasteiger partial charge in [-0.3, -0.25) is 0 Å². The Balaban J connectivity index is 1.75.